The zero-order chi connectivity index (χ0) is 28.3. The highest BCUT2D eigenvalue weighted by Gasteiger charge is 2.13. The van der Waals surface area contributed by atoms with Crippen LogP contribution in [0, 0.1) is 13.8 Å². The minimum Gasteiger partial charge on any atom is -0.103 e. The van der Waals surface area contributed by atoms with Crippen LogP contribution in [0.1, 0.15) is 18.1 Å². The molecule has 0 spiro atoms. The Bertz CT molecular complexity index is 2040. The van der Waals surface area contributed by atoms with Gasteiger partial charge in [0.2, 0.25) is 0 Å². The molecule has 0 heteroatoms. The van der Waals surface area contributed by atoms with Crippen molar-refractivity contribution in [2.75, 3.05) is 0 Å². The first-order chi connectivity index (χ1) is 20.1. The number of aryl methyl sites for hydroxylation is 1. The van der Waals surface area contributed by atoms with Gasteiger partial charge in [-0.2, -0.15) is 0 Å². The molecular formula is C41H34. The SMILES string of the molecule is C=CC.Cc1ccccc1-c1cccc(-c2cccc3cc4c(-c5ccc6ccccc6c5)cccc4cc23)c1C. The van der Waals surface area contributed by atoms with Crippen LogP contribution in [-0.4, -0.2) is 0 Å². The predicted octanol–water partition coefficient (Wildman–Crippen LogP) is 12.0. The molecule has 7 aromatic carbocycles. The first kappa shape index (κ1) is 26.3. The van der Waals surface area contributed by atoms with Crippen LogP contribution < -0.4 is 0 Å². The lowest BCUT2D eigenvalue weighted by atomic mass is 9.88. The summed E-state index contributed by atoms with van der Waals surface area (Å²) in [6.07, 6.45) is 1.75. The van der Waals surface area contributed by atoms with E-state index in [1.807, 2.05) is 6.92 Å². The van der Waals surface area contributed by atoms with Gasteiger partial charge >= 0.3 is 0 Å². The van der Waals surface area contributed by atoms with E-state index in [2.05, 4.69) is 154 Å². The smallest absolute Gasteiger partial charge is 0.00989 e. The van der Waals surface area contributed by atoms with Crippen molar-refractivity contribution in [3.8, 4) is 33.4 Å². The van der Waals surface area contributed by atoms with Gasteiger partial charge in [0.1, 0.15) is 0 Å². The Morgan fingerprint density at radius 2 is 0.927 bits per heavy atom. The summed E-state index contributed by atoms with van der Waals surface area (Å²) in [5, 5.41) is 7.66. The number of hydrogen-bond acceptors (Lipinski definition) is 0. The highest BCUT2D eigenvalue weighted by molar-refractivity contribution is 6.10. The molecule has 0 N–H and O–H groups in total. The Balaban J connectivity index is 0.000000967. The molecule has 41 heavy (non-hydrogen) atoms. The van der Waals surface area contributed by atoms with Crippen LogP contribution in [0.3, 0.4) is 0 Å². The second-order valence-corrected chi connectivity index (χ2v) is 10.7. The first-order valence-electron chi connectivity index (χ1n) is 14.3. The monoisotopic (exact) mass is 526 g/mol. The number of fused-ring (bicyclic) bond motifs is 3. The van der Waals surface area contributed by atoms with E-state index in [1.165, 1.54) is 76.8 Å². The molecule has 0 bridgehead atoms. The summed E-state index contributed by atoms with van der Waals surface area (Å²) in [4.78, 5) is 0. The van der Waals surface area contributed by atoms with Gasteiger partial charge < -0.3 is 0 Å². The van der Waals surface area contributed by atoms with Gasteiger partial charge in [0.15, 0.2) is 0 Å². The molecular weight excluding hydrogens is 492 g/mol. The standard InChI is InChI=1S/C38H28.C3H6/c1-25-10-3-6-15-32(25)33-16-9-17-34(26(33)2)36-19-8-14-30-23-37-29(24-38(30)36)13-7-18-35(37)31-21-20-27-11-4-5-12-28(27)22-31;1-3-2/h3-24H,1-2H3;3H,1H2,2H3. The summed E-state index contributed by atoms with van der Waals surface area (Å²) in [7, 11) is 0. The van der Waals surface area contributed by atoms with Gasteiger partial charge in [-0.3, -0.25) is 0 Å². The molecule has 0 heterocycles. The van der Waals surface area contributed by atoms with Gasteiger partial charge in [0, 0.05) is 0 Å². The Labute approximate surface area is 243 Å². The fourth-order valence-corrected chi connectivity index (χ4v) is 5.99. The first-order valence-corrected chi connectivity index (χ1v) is 14.3. The van der Waals surface area contributed by atoms with E-state index in [9.17, 15) is 0 Å². The second kappa shape index (κ2) is 11.3. The maximum absolute atomic E-state index is 3.36. The Kier molecular flexibility index (Phi) is 7.23. The van der Waals surface area contributed by atoms with Crippen LogP contribution in [0.5, 0.6) is 0 Å². The van der Waals surface area contributed by atoms with E-state index in [0.717, 1.165) is 0 Å². The average Bonchev–Trinajstić information content (AvgIpc) is 3.00. The lowest BCUT2D eigenvalue weighted by molar-refractivity contribution is 1.41. The molecule has 0 fully saturated rings. The number of benzene rings is 7. The molecule has 0 aliphatic carbocycles. The van der Waals surface area contributed by atoms with Gasteiger partial charge in [-0.1, -0.05) is 121 Å². The van der Waals surface area contributed by atoms with Gasteiger partial charge in [-0.05, 0) is 116 Å². The lowest BCUT2D eigenvalue weighted by Gasteiger charge is -2.16. The van der Waals surface area contributed by atoms with Gasteiger partial charge in [-0.15, -0.1) is 6.58 Å². The molecule has 7 rings (SSSR count). The van der Waals surface area contributed by atoms with Crippen LogP contribution in [-0.2, 0) is 0 Å². The molecule has 0 aliphatic rings. The van der Waals surface area contributed by atoms with Crippen molar-refractivity contribution in [3.05, 3.63) is 157 Å². The summed E-state index contributed by atoms with van der Waals surface area (Å²) in [6.45, 7) is 9.70. The van der Waals surface area contributed by atoms with Crippen molar-refractivity contribution in [3.63, 3.8) is 0 Å². The van der Waals surface area contributed by atoms with E-state index < -0.39 is 0 Å². The Morgan fingerprint density at radius 1 is 0.439 bits per heavy atom. The third-order valence-corrected chi connectivity index (χ3v) is 8.00. The molecule has 7 aromatic rings. The van der Waals surface area contributed by atoms with Crippen LogP contribution in [0.25, 0.3) is 65.7 Å². The molecule has 0 unspecified atom stereocenters. The minimum absolute atomic E-state index is 1.26. The van der Waals surface area contributed by atoms with Crippen LogP contribution in [0.15, 0.2) is 146 Å². The molecule has 0 amide bonds. The summed E-state index contributed by atoms with van der Waals surface area (Å²) in [6, 6.07) is 48.9. The molecule has 0 aromatic heterocycles. The zero-order valence-corrected chi connectivity index (χ0v) is 24.0. The van der Waals surface area contributed by atoms with Crippen LogP contribution in [0.4, 0.5) is 0 Å². The summed E-state index contributed by atoms with van der Waals surface area (Å²) in [5.41, 5.74) is 10.3. The van der Waals surface area contributed by atoms with E-state index in [4.69, 9.17) is 0 Å². The second-order valence-electron chi connectivity index (χ2n) is 10.7. The molecule has 0 atom stereocenters. The van der Waals surface area contributed by atoms with Gasteiger partial charge in [0.25, 0.3) is 0 Å². The highest BCUT2D eigenvalue weighted by atomic mass is 14.2. The van der Waals surface area contributed by atoms with E-state index >= 15 is 0 Å². The largest absolute Gasteiger partial charge is 0.103 e. The summed E-state index contributed by atoms with van der Waals surface area (Å²) >= 11 is 0. The van der Waals surface area contributed by atoms with Crippen molar-refractivity contribution in [2.24, 2.45) is 0 Å². The lowest BCUT2D eigenvalue weighted by Crippen LogP contribution is -1.91. The maximum Gasteiger partial charge on any atom is -0.00989 e. The fourth-order valence-electron chi connectivity index (χ4n) is 5.99. The summed E-state index contributed by atoms with van der Waals surface area (Å²) in [5.74, 6) is 0. The molecule has 0 aliphatic heterocycles. The van der Waals surface area contributed by atoms with Crippen LogP contribution in [0.2, 0.25) is 0 Å². The molecule has 0 saturated carbocycles. The van der Waals surface area contributed by atoms with E-state index in [-0.39, 0.29) is 0 Å². The summed E-state index contributed by atoms with van der Waals surface area (Å²) < 4.78 is 0. The number of rotatable bonds is 3. The van der Waals surface area contributed by atoms with E-state index in [1.54, 1.807) is 6.08 Å². The van der Waals surface area contributed by atoms with Crippen molar-refractivity contribution < 1.29 is 0 Å². The molecule has 198 valence electrons. The Morgan fingerprint density at radius 3 is 1.63 bits per heavy atom. The normalized spacial score (nSPS) is 10.9. The number of hydrogen-bond donors (Lipinski definition) is 0. The van der Waals surface area contributed by atoms with Crippen LogP contribution >= 0.6 is 0 Å². The predicted molar refractivity (Wildman–Crippen MR) is 181 cm³/mol. The van der Waals surface area contributed by atoms with Crippen molar-refractivity contribution in [2.45, 2.75) is 20.8 Å². The average molecular weight is 527 g/mol. The van der Waals surface area contributed by atoms with E-state index in [0.29, 0.717) is 0 Å². The molecule has 0 nitrogen and oxygen atoms in total. The van der Waals surface area contributed by atoms with Crippen molar-refractivity contribution in [1.82, 2.24) is 0 Å². The minimum atomic E-state index is 1.26. The third kappa shape index (κ3) is 4.94. The van der Waals surface area contributed by atoms with Gasteiger partial charge in [-0.25, -0.2) is 0 Å². The third-order valence-electron chi connectivity index (χ3n) is 8.00. The maximum atomic E-state index is 3.36. The number of allylic oxidation sites excluding steroid dienone is 1. The van der Waals surface area contributed by atoms with Gasteiger partial charge in [0.05, 0.1) is 0 Å². The Hall–Kier alpha value is -4.94. The fraction of sp³-hybridized carbons (Fsp3) is 0.0732. The highest BCUT2D eigenvalue weighted by Crippen LogP contribution is 2.39. The topological polar surface area (TPSA) is 0 Å². The molecule has 0 saturated heterocycles. The zero-order valence-electron chi connectivity index (χ0n) is 24.0. The van der Waals surface area contributed by atoms with Crippen molar-refractivity contribution >= 4 is 32.3 Å². The quantitative estimate of drug-likeness (QED) is 0.159. The molecule has 0 radical (unpaired) electrons. The van der Waals surface area contributed by atoms with Crippen molar-refractivity contribution in [1.29, 1.82) is 0 Å².